The van der Waals surface area contributed by atoms with E-state index >= 15 is 0 Å². The van der Waals surface area contributed by atoms with E-state index in [0.29, 0.717) is 39.0 Å². The highest BCUT2D eigenvalue weighted by molar-refractivity contribution is 5.93. The van der Waals surface area contributed by atoms with Crippen LogP contribution in [0.5, 0.6) is 5.75 Å². The minimum atomic E-state index is -1.39. The standard InChI is InChI=1S/C45H61N3O12/c1-11-12-33-24-36(53)35(38-40(58-29(5)51)41(59-30(6)52)39(57-28(4)50)37(60-38)25-56-27(3)49)23-34(33)22-32-14-13-31(21-26(32)2)15-16-44(7,8)42(54)47-45(9,10)43(55)48-19-17-46-18-20-48/h13-16,21,23-24,37-41,46,53H,11-12,17-20,22,25H2,1-10H3,(H,47,54)/b16-15+/t37-,38+,39-,40+,41+/m1/s1. The molecule has 4 rings (SSSR count). The number of esters is 4. The summed E-state index contributed by atoms with van der Waals surface area (Å²) in [5.41, 5.74) is 2.75. The van der Waals surface area contributed by atoms with E-state index in [-0.39, 0.29) is 23.1 Å². The fraction of sp³-hybridized carbons (Fsp3) is 0.556. The lowest BCUT2D eigenvalue weighted by atomic mass is 9.86. The van der Waals surface area contributed by atoms with E-state index in [9.17, 15) is 33.9 Å². The highest BCUT2D eigenvalue weighted by atomic mass is 16.7. The molecule has 2 amide bonds. The van der Waals surface area contributed by atoms with Crippen molar-refractivity contribution in [2.24, 2.45) is 5.41 Å². The van der Waals surface area contributed by atoms with Crippen molar-refractivity contribution in [3.63, 3.8) is 0 Å². The second-order valence-electron chi connectivity index (χ2n) is 16.6. The van der Waals surface area contributed by atoms with E-state index in [1.165, 1.54) is 13.8 Å². The summed E-state index contributed by atoms with van der Waals surface area (Å²) in [6.07, 6.45) is -0.976. The maximum absolute atomic E-state index is 13.5. The fourth-order valence-electron chi connectivity index (χ4n) is 7.44. The quantitative estimate of drug-likeness (QED) is 0.169. The van der Waals surface area contributed by atoms with Gasteiger partial charge in [-0.05, 0) is 87.4 Å². The fourth-order valence-corrected chi connectivity index (χ4v) is 7.44. The van der Waals surface area contributed by atoms with Crippen LogP contribution in [0.25, 0.3) is 6.08 Å². The average Bonchev–Trinajstić information content (AvgIpc) is 3.16. The van der Waals surface area contributed by atoms with E-state index in [0.717, 1.165) is 48.1 Å². The van der Waals surface area contributed by atoms with Gasteiger partial charge in [0.25, 0.3) is 0 Å². The molecule has 2 saturated heterocycles. The minimum Gasteiger partial charge on any atom is -0.508 e. The van der Waals surface area contributed by atoms with Crippen LogP contribution in [-0.2, 0) is 65.3 Å². The molecular weight excluding hydrogens is 775 g/mol. The number of carbonyl (C=O) groups is 6. The van der Waals surface area contributed by atoms with E-state index in [4.69, 9.17) is 23.7 Å². The second-order valence-corrected chi connectivity index (χ2v) is 16.6. The lowest BCUT2D eigenvalue weighted by Gasteiger charge is -2.44. The van der Waals surface area contributed by atoms with Crippen LogP contribution in [-0.4, -0.2) is 108 Å². The van der Waals surface area contributed by atoms with Gasteiger partial charge in [0.05, 0.1) is 5.41 Å². The van der Waals surface area contributed by atoms with Gasteiger partial charge in [-0.25, -0.2) is 0 Å². The largest absolute Gasteiger partial charge is 0.508 e. The number of nitrogens with one attached hydrogen (secondary N) is 2. The summed E-state index contributed by atoms with van der Waals surface area (Å²) in [5, 5.41) is 17.7. The van der Waals surface area contributed by atoms with Gasteiger partial charge in [0, 0.05) is 59.4 Å². The number of phenolic OH excluding ortho intramolecular Hbond substituents is 1. The Labute approximate surface area is 352 Å². The van der Waals surface area contributed by atoms with Crippen molar-refractivity contribution in [3.05, 3.63) is 69.8 Å². The number of phenols is 1. The van der Waals surface area contributed by atoms with Crippen LogP contribution in [0.4, 0.5) is 0 Å². The third kappa shape index (κ3) is 12.4. The summed E-state index contributed by atoms with van der Waals surface area (Å²) in [7, 11) is 0. The molecule has 0 radical (unpaired) electrons. The van der Waals surface area contributed by atoms with Crippen LogP contribution in [0.2, 0.25) is 0 Å². The smallest absolute Gasteiger partial charge is 0.303 e. The summed E-state index contributed by atoms with van der Waals surface area (Å²) < 4.78 is 28.5. The van der Waals surface area contributed by atoms with Gasteiger partial charge < -0.3 is 44.3 Å². The first-order valence-electron chi connectivity index (χ1n) is 20.4. The molecule has 0 bridgehead atoms. The Morgan fingerprint density at radius 2 is 1.47 bits per heavy atom. The molecule has 0 aliphatic carbocycles. The van der Waals surface area contributed by atoms with Crippen LogP contribution in [0.1, 0.15) is 108 Å². The van der Waals surface area contributed by atoms with Gasteiger partial charge in [-0.15, -0.1) is 0 Å². The molecule has 60 heavy (non-hydrogen) atoms. The van der Waals surface area contributed by atoms with Gasteiger partial charge in [-0.1, -0.05) is 43.7 Å². The molecule has 0 saturated carbocycles. The first-order valence-corrected chi connectivity index (χ1v) is 20.4. The number of rotatable bonds is 15. The summed E-state index contributed by atoms with van der Waals surface area (Å²) in [6, 6.07) is 9.36. The predicted octanol–water partition coefficient (Wildman–Crippen LogP) is 4.41. The number of hydrogen-bond acceptors (Lipinski definition) is 13. The maximum atomic E-state index is 13.5. The Morgan fingerprint density at radius 3 is 2.05 bits per heavy atom. The molecule has 2 fully saturated rings. The molecule has 15 nitrogen and oxygen atoms in total. The van der Waals surface area contributed by atoms with Crippen LogP contribution >= 0.6 is 0 Å². The minimum absolute atomic E-state index is 0.121. The van der Waals surface area contributed by atoms with E-state index in [2.05, 4.69) is 10.6 Å². The number of ether oxygens (including phenoxy) is 5. The number of hydrogen-bond donors (Lipinski definition) is 3. The first kappa shape index (κ1) is 47.4. The normalized spacial score (nSPS) is 20.9. The Kier molecular flexibility index (Phi) is 16.1. The van der Waals surface area contributed by atoms with Gasteiger partial charge in [-0.2, -0.15) is 0 Å². The molecule has 2 aromatic carbocycles. The van der Waals surface area contributed by atoms with Gasteiger partial charge in [0.2, 0.25) is 11.8 Å². The molecule has 2 aliphatic rings. The third-order valence-electron chi connectivity index (χ3n) is 10.6. The zero-order valence-electron chi connectivity index (χ0n) is 36.5. The van der Waals surface area contributed by atoms with Crippen LogP contribution < -0.4 is 10.6 Å². The summed E-state index contributed by atoms with van der Waals surface area (Å²) in [6.45, 7) is 17.9. The van der Waals surface area contributed by atoms with Crippen molar-refractivity contribution in [1.29, 1.82) is 0 Å². The number of benzene rings is 2. The SMILES string of the molecule is CCCc1cc(O)c([C@@H]2O[C@H](COC(C)=O)[C@@H](OC(C)=O)[C@H](OC(C)=O)[C@H]2OC(C)=O)cc1Cc1ccc(/C=C/C(C)(C)C(=O)NC(C)(C)C(=O)N2CCNCC2)cc1C. The van der Waals surface area contributed by atoms with Crippen molar-refractivity contribution >= 4 is 41.8 Å². The maximum Gasteiger partial charge on any atom is 0.303 e. The van der Waals surface area contributed by atoms with Crippen molar-refractivity contribution in [2.75, 3.05) is 32.8 Å². The van der Waals surface area contributed by atoms with Crippen molar-refractivity contribution in [3.8, 4) is 5.75 Å². The topological polar surface area (TPSA) is 196 Å². The van der Waals surface area contributed by atoms with Crippen LogP contribution in [0, 0.1) is 12.3 Å². The number of carbonyl (C=O) groups excluding carboxylic acids is 6. The van der Waals surface area contributed by atoms with Crippen molar-refractivity contribution < 1.29 is 57.6 Å². The van der Waals surface area contributed by atoms with Crippen LogP contribution in [0.15, 0.2) is 36.4 Å². The molecule has 5 atom stereocenters. The highest BCUT2D eigenvalue weighted by Gasteiger charge is 2.53. The van der Waals surface area contributed by atoms with E-state index in [1.54, 1.807) is 44.7 Å². The zero-order chi connectivity index (χ0) is 44.5. The van der Waals surface area contributed by atoms with Crippen LogP contribution in [0.3, 0.4) is 0 Å². The molecule has 0 spiro atoms. The number of amides is 2. The molecule has 328 valence electrons. The summed E-state index contributed by atoms with van der Waals surface area (Å²) >= 11 is 0. The lowest BCUT2D eigenvalue weighted by molar-refractivity contribution is -0.254. The predicted molar refractivity (Wildman–Crippen MR) is 221 cm³/mol. The molecular formula is C45H61N3O12. The molecule has 2 heterocycles. The Morgan fingerprint density at radius 1 is 0.850 bits per heavy atom. The highest BCUT2D eigenvalue weighted by Crippen LogP contribution is 2.42. The lowest BCUT2D eigenvalue weighted by Crippen LogP contribution is -2.60. The number of nitrogens with zero attached hydrogens (tertiary/aromatic N) is 1. The molecule has 2 aromatic rings. The van der Waals surface area contributed by atoms with E-state index < -0.39 is 72.0 Å². The number of aromatic hydroxyl groups is 1. The molecule has 3 N–H and O–H groups in total. The van der Waals surface area contributed by atoms with Gasteiger partial charge in [-0.3, -0.25) is 28.8 Å². The first-order chi connectivity index (χ1) is 28.1. The summed E-state index contributed by atoms with van der Waals surface area (Å²) in [5.74, 6) is -3.44. The molecule has 2 aliphatic heterocycles. The monoisotopic (exact) mass is 835 g/mol. The molecule has 0 unspecified atom stereocenters. The Hall–Kier alpha value is -5.28. The Balaban J connectivity index is 1.65. The number of aryl methyl sites for hydroxylation is 2. The van der Waals surface area contributed by atoms with E-state index in [1.807, 2.05) is 44.2 Å². The van der Waals surface area contributed by atoms with Gasteiger partial charge in [0.15, 0.2) is 18.3 Å². The van der Waals surface area contributed by atoms with Gasteiger partial charge >= 0.3 is 23.9 Å². The van der Waals surface area contributed by atoms with Crippen molar-refractivity contribution in [1.82, 2.24) is 15.5 Å². The molecule has 15 heteroatoms. The molecule has 0 aromatic heterocycles. The van der Waals surface area contributed by atoms with Crippen molar-refractivity contribution in [2.45, 2.75) is 125 Å². The second kappa shape index (κ2) is 20.3. The number of piperazine rings is 1. The third-order valence-corrected chi connectivity index (χ3v) is 10.6. The zero-order valence-corrected chi connectivity index (χ0v) is 36.5. The van der Waals surface area contributed by atoms with Gasteiger partial charge in [0.1, 0.15) is 30.1 Å². The Bertz CT molecular complexity index is 1950. The average molecular weight is 836 g/mol. The summed E-state index contributed by atoms with van der Waals surface area (Å²) in [4.78, 5) is 77.5.